The first-order valence-electron chi connectivity index (χ1n) is 12.4. The zero-order valence-corrected chi connectivity index (χ0v) is 20.5. The molecule has 0 saturated carbocycles. The molecule has 6 nitrogen and oxygen atoms in total. The maximum Gasteiger partial charge on any atom is 0.226 e. The van der Waals surface area contributed by atoms with Gasteiger partial charge in [0.2, 0.25) is 11.9 Å². The van der Waals surface area contributed by atoms with Gasteiger partial charge in [-0.15, -0.1) is 0 Å². The van der Waals surface area contributed by atoms with E-state index in [1.165, 1.54) is 38.8 Å². The maximum absolute atomic E-state index is 12.5. The molecule has 0 spiro atoms. The lowest BCUT2D eigenvalue weighted by atomic mass is 10.0. The molecule has 1 N–H and O–H groups in total. The van der Waals surface area contributed by atoms with E-state index in [2.05, 4.69) is 15.1 Å². The van der Waals surface area contributed by atoms with Crippen molar-refractivity contribution in [2.75, 3.05) is 36.4 Å². The van der Waals surface area contributed by atoms with Crippen molar-refractivity contribution in [3.63, 3.8) is 0 Å². The van der Waals surface area contributed by atoms with Crippen molar-refractivity contribution in [3.8, 4) is 0 Å². The van der Waals surface area contributed by atoms with Crippen LogP contribution in [-0.4, -0.2) is 53.0 Å². The summed E-state index contributed by atoms with van der Waals surface area (Å²) in [5, 5.41) is 4.70. The molecule has 2 fully saturated rings. The predicted octanol–water partition coefficient (Wildman–Crippen LogP) is 5.23. The third-order valence-electron chi connectivity index (χ3n) is 7.12. The van der Waals surface area contributed by atoms with Gasteiger partial charge in [0.1, 0.15) is 0 Å². The fourth-order valence-corrected chi connectivity index (χ4v) is 5.28. The van der Waals surface area contributed by atoms with E-state index in [4.69, 9.17) is 21.6 Å². The Balaban J connectivity index is 1.21. The summed E-state index contributed by atoms with van der Waals surface area (Å²) >= 11 is 5.93. The summed E-state index contributed by atoms with van der Waals surface area (Å²) in [4.78, 5) is 27.2. The SMILES string of the molecule is Cc1nc(N2CCC(N3CCCC3)CC2)nc2ccc(NC(=O)CCc3ccc(Cl)cc3)cc12. The standard InChI is InChI=1S/C27H32ClN5O/c1-19-24-18-22(30-26(34)11-6-20-4-7-21(28)8-5-20)9-10-25(24)31-27(29-19)33-16-12-23(13-17-33)32-14-2-3-15-32/h4-5,7-10,18,23H,2-3,6,11-17H2,1H3,(H,30,34). The number of halogens is 1. The molecule has 1 aromatic heterocycles. The van der Waals surface area contributed by atoms with Crippen LogP contribution in [0, 0.1) is 6.92 Å². The lowest BCUT2D eigenvalue weighted by Gasteiger charge is -2.36. The van der Waals surface area contributed by atoms with E-state index in [1.54, 1.807) is 0 Å². The number of likely N-dealkylation sites (tertiary alicyclic amines) is 1. The lowest BCUT2D eigenvalue weighted by molar-refractivity contribution is -0.116. The minimum absolute atomic E-state index is 0.00892. The van der Waals surface area contributed by atoms with E-state index in [-0.39, 0.29) is 5.91 Å². The van der Waals surface area contributed by atoms with E-state index in [0.29, 0.717) is 23.9 Å². The molecule has 1 amide bonds. The fraction of sp³-hybridized carbons (Fsp3) is 0.444. The van der Waals surface area contributed by atoms with Gasteiger partial charge in [-0.05, 0) is 88.0 Å². The quantitative estimate of drug-likeness (QED) is 0.527. The van der Waals surface area contributed by atoms with Gasteiger partial charge in [-0.2, -0.15) is 0 Å². The largest absolute Gasteiger partial charge is 0.341 e. The third kappa shape index (κ3) is 5.34. The van der Waals surface area contributed by atoms with Gasteiger partial charge in [0.05, 0.1) is 11.2 Å². The number of aryl methyl sites for hydroxylation is 2. The summed E-state index contributed by atoms with van der Waals surface area (Å²) in [6.45, 7) is 6.56. The zero-order valence-electron chi connectivity index (χ0n) is 19.8. The van der Waals surface area contributed by atoms with Gasteiger partial charge in [0, 0.05) is 41.6 Å². The van der Waals surface area contributed by atoms with E-state index < -0.39 is 0 Å². The second kappa shape index (κ2) is 10.3. The molecule has 34 heavy (non-hydrogen) atoms. The highest BCUT2D eigenvalue weighted by Gasteiger charge is 2.27. The topological polar surface area (TPSA) is 61.4 Å². The van der Waals surface area contributed by atoms with Gasteiger partial charge in [0.25, 0.3) is 0 Å². The van der Waals surface area contributed by atoms with Crippen molar-refractivity contribution in [2.24, 2.45) is 0 Å². The first kappa shape index (κ1) is 23.1. The Morgan fingerprint density at radius 1 is 1.03 bits per heavy atom. The Bertz CT molecular complexity index is 1150. The molecule has 0 atom stereocenters. The molecule has 5 rings (SSSR count). The molecule has 0 unspecified atom stereocenters. The molecule has 2 aliphatic rings. The first-order chi connectivity index (χ1) is 16.5. The maximum atomic E-state index is 12.5. The van der Waals surface area contributed by atoms with Crippen molar-refractivity contribution < 1.29 is 4.79 Å². The highest BCUT2D eigenvalue weighted by molar-refractivity contribution is 6.30. The average Bonchev–Trinajstić information content (AvgIpc) is 3.39. The number of fused-ring (bicyclic) bond motifs is 1. The number of amides is 1. The van der Waals surface area contributed by atoms with Crippen LogP contribution < -0.4 is 10.2 Å². The molecule has 2 saturated heterocycles. The van der Waals surface area contributed by atoms with Crippen molar-refractivity contribution in [3.05, 3.63) is 58.7 Å². The van der Waals surface area contributed by atoms with Gasteiger partial charge >= 0.3 is 0 Å². The van der Waals surface area contributed by atoms with Crippen molar-refractivity contribution in [1.29, 1.82) is 0 Å². The van der Waals surface area contributed by atoms with E-state index in [9.17, 15) is 4.79 Å². The fourth-order valence-electron chi connectivity index (χ4n) is 5.16. The van der Waals surface area contributed by atoms with E-state index in [0.717, 1.165) is 46.9 Å². The molecule has 0 aliphatic carbocycles. The molecule has 3 heterocycles. The molecule has 2 aliphatic heterocycles. The third-order valence-corrected chi connectivity index (χ3v) is 7.37. The van der Waals surface area contributed by atoms with Crippen LogP contribution in [-0.2, 0) is 11.2 Å². The Labute approximate surface area is 206 Å². The highest BCUT2D eigenvalue weighted by Crippen LogP contribution is 2.26. The number of hydrogen-bond donors (Lipinski definition) is 1. The van der Waals surface area contributed by atoms with Crippen molar-refractivity contribution in [1.82, 2.24) is 14.9 Å². The molecule has 2 aromatic carbocycles. The molecule has 0 radical (unpaired) electrons. The molecule has 0 bridgehead atoms. The normalized spacial score (nSPS) is 17.4. The molecule has 7 heteroatoms. The monoisotopic (exact) mass is 477 g/mol. The minimum Gasteiger partial charge on any atom is -0.341 e. The van der Waals surface area contributed by atoms with E-state index in [1.807, 2.05) is 49.4 Å². The van der Waals surface area contributed by atoms with Gasteiger partial charge in [0.15, 0.2) is 0 Å². The predicted molar refractivity (Wildman–Crippen MR) is 139 cm³/mol. The number of aromatic nitrogens is 2. The average molecular weight is 478 g/mol. The number of piperidine rings is 1. The molecular formula is C27H32ClN5O. The van der Waals surface area contributed by atoms with E-state index >= 15 is 0 Å². The summed E-state index contributed by atoms with van der Waals surface area (Å²) < 4.78 is 0. The summed E-state index contributed by atoms with van der Waals surface area (Å²) in [6, 6.07) is 14.2. The number of carbonyl (C=O) groups excluding carboxylic acids is 1. The van der Waals surface area contributed by atoms with Gasteiger partial charge in [-0.3, -0.25) is 4.79 Å². The summed E-state index contributed by atoms with van der Waals surface area (Å²) in [5.41, 5.74) is 3.74. The van der Waals surface area contributed by atoms with Crippen LogP contribution in [0.15, 0.2) is 42.5 Å². The first-order valence-corrected chi connectivity index (χ1v) is 12.7. The number of nitrogens with zero attached hydrogens (tertiary/aromatic N) is 4. The minimum atomic E-state index is -0.00892. The van der Waals surface area contributed by atoms with Gasteiger partial charge < -0.3 is 15.1 Å². The van der Waals surface area contributed by atoms with Crippen LogP contribution in [0.5, 0.6) is 0 Å². The number of benzene rings is 2. The van der Waals surface area contributed by atoms with Gasteiger partial charge in [-0.1, -0.05) is 23.7 Å². The van der Waals surface area contributed by atoms with Crippen LogP contribution in [0.2, 0.25) is 5.02 Å². The molecule has 178 valence electrons. The van der Waals surface area contributed by atoms with Crippen molar-refractivity contribution in [2.45, 2.75) is 51.5 Å². The van der Waals surface area contributed by atoms with Crippen LogP contribution >= 0.6 is 11.6 Å². The Hall–Kier alpha value is -2.70. The summed E-state index contributed by atoms with van der Waals surface area (Å²) in [7, 11) is 0. The number of anilines is 2. The lowest BCUT2D eigenvalue weighted by Crippen LogP contribution is -2.44. The second-order valence-electron chi connectivity index (χ2n) is 9.48. The highest BCUT2D eigenvalue weighted by atomic mass is 35.5. The molecular weight excluding hydrogens is 446 g/mol. The van der Waals surface area contributed by atoms with Crippen molar-refractivity contribution >= 4 is 40.0 Å². The van der Waals surface area contributed by atoms with Crippen LogP contribution in [0.3, 0.4) is 0 Å². The van der Waals surface area contributed by atoms with Gasteiger partial charge in [-0.25, -0.2) is 9.97 Å². The second-order valence-corrected chi connectivity index (χ2v) is 9.91. The Morgan fingerprint density at radius 2 is 1.76 bits per heavy atom. The zero-order chi connectivity index (χ0) is 23.5. The number of rotatable bonds is 6. The van der Waals surface area contributed by atoms with Crippen LogP contribution in [0.25, 0.3) is 10.9 Å². The smallest absolute Gasteiger partial charge is 0.226 e. The summed E-state index contributed by atoms with van der Waals surface area (Å²) in [5.74, 6) is 0.815. The molecule has 3 aromatic rings. The Morgan fingerprint density at radius 3 is 2.50 bits per heavy atom. The number of carbonyl (C=O) groups is 1. The number of nitrogens with one attached hydrogen (secondary N) is 1. The summed E-state index contributed by atoms with van der Waals surface area (Å²) in [6.07, 6.45) is 6.15. The van der Waals surface area contributed by atoms with Crippen LogP contribution in [0.1, 0.15) is 43.4 Å². The number of hydrogen-bond acceptors (Lipinski definition) is 5. The Kier molecular flexibility index (Phi) is 6.97. The van der Waals surface area contributed by atoms with Crippen LogP contribution in [0.4, 0.5) is 11.6 Å².